The van der Waals surface area contributed by atoms with Crippen molar-refractivity contribution >= 4 is 0 Å². The first kappa shape index (κ1) is 15.0. The van der Waals surface area contributed by atoms with E-state index in [2.05, 4.69) is 29.6 Å². The summed E-state index contributed by atoms with van der Waals surface area (Å²) in [5, 5.41) is 3.77. The number of nitrogens with one attached hydrogen (secondary N) is 1. The summed E-state index contributed by atoms with van der Waals surface area (Å²) in [4.78, 5) is 0. The fraction of sp³-hybridized carbons (Fsp3) is 0.667. The zero-order valence-electron chi connectivity index (χ0n) is 13.0. The molecular weight excluding hydrogens is 262 g/mol. The third-order valence-electron chi connectivity index (χ3n) is 5.06. The summed E-state index contributed by atoms with van der Waals surface area (Å²) in [7, 11) is 1.71. The lowest BCUT2D eigenvalue weighted by Gasteiger charge is -2.23. The van der Waals surface area contributed by atoms with Crippen molar-refractivity contribution in [3.8, 4) is 0 Å². The molecule has 0 amide bonds. The molecule has 3 heteroatoms. The van der Waals surface area contributed by atoms with E-state index in [-0.39, 0.29) is 0 Å². The Morgan fingerprint density at radius 1 is 1.00 bits per heavy atom. The van der Waals surface area contributed by atoms with Gasteiger partial charge in [-0.25, -0.2) is 0 Å². The Kier molecular flexibility index (Phi) is 5.28. The van der Waals surface area contributed by atoms with Gasteiger partial charge in [-0.15, -0.1) is 0 Å². The van der Waals surface area contributed by atoms with E-state index in [0.29, 0.717) is 19.3 Å². The predicted molar refractivity (Wildman–Crippen MR) is 84.5 cm³/mol. The van der Waals surface area contributed by atoms with E-state index in [4.69, 9.17) is 9.47 Å². The molecule has 2 aliphatic carbocycles. The average Bonchev–Trinajstić information content (AvgIpc) is 2.77. The first-order valence-electron chi connectivity index (χ1n) is 8.25. The summed E-state index contributed by atoms with van der Waals surface area (Å²) in [5.74, 6) is 1.61. The molecule has 1 N–H and O–H groups in total. The maximum Gasteiger partial charge on any atom is 0.0700 e. The highest BCUT2D eigenvalue weighted by Gasteiger charge is 2.38. The first-order chi connectivity index (χ1) is 10.4. The predicted octanol–water partition coefficient (Wildman–Crippen LogP) is 2.43. The van der Waals surface area contributed by atoms with Crippen molar-refractivity contribution in [3.63, 3.8) is 0 Å². The van der Waals surface area contributed by atoms with Crippen LogP contribution in [0.15, 0.2) is 24.3 Å². The molecule has 0 radical (unpaired) electrons. The lowest BCUT2D eigenvalue weighted by molar-refractivity contribution is 0.0699. The van der Waals surface area contributed by atoms with Crippen molar-refractivity contribution in [2.24, 2.45) is 11.8 Å². The third-order valence-corrected chi connectivity index (χ3v) is 5.06. The van der Waals surface area contributed by atoms with Crippen LogP contribution in [0.1, 0.15) is 24.0 Å². The molecule has 2 unspecified atom stereocenters. The van der Waals surface area contributed by atoms with E-state index in [1.165, 1.54) is 25.7 Å². The summed E-state index contributed by atoms with van der Waals surface area (Å²) >= 11 is 0. The van der Waals surface area contributed by atoms with Crippen molar-refractivity contribution in [2.75, 3.05) is 33.5 Å². The highest BCUT2D eigenvalue weighted by atomic mass is 16.5. The van der Waals surface area contributed by atoms with E-state index >= 15 is 0 Å². The molecule has 0 saturated heterocycles. The average molecular weight is 289 g/mol. The minimum absolute atomic E-state index is 0.670. The highest BCUT2D eigenvalue weighted by Crippen LogP contribution is 2.39. The quantitative estimate of drug-likeness (QED) is 0.782. The summed E-state index contributed by atoms with van der Waals surface area (Å²) in [6, 6.07) is 9.68. The molecule has 0 heterocycles. The van der Waals surface area contributed by atoms with Crippen LogP contribution in [0.2, 0.25) is 0 Å². The molecule has 1 aromatic rings. The Morgan fingerprint density at radius 2 is 1.67 bits per heavy atom. The second-order valence-electron chi connectivity index (χ2n) is 6.36. The first-order valence-corrected chi connectivity index (χ1v) is 8.25. The van der Waals surface area contributed by atoms with Crippen molar-refractivity contribution < 1.29 is 9.47 Å². The van der Waals surface area contributed by atoms with Crippen molar-refractivity contribution in [1.82, 2.24) is 5.32 Å². The molecule has 116 valence electrons. The van der Waals surface area contributed by atoms with E-state index in [1.807, 2.05) is 0 Å². The van der Waals surface area contributed by atoms with Crippen LogP contribution in [0.4, 0.5) is 0 Å². The lowest BCUT2D eigenvalue weighted by atomic mass is 9.94. The maximum absolute atomic E-state index is 5.56. The largest absolute Gasteiger partial charge is 0.382 e. The van der Waals surface area contributed by atoms with Crippen molar-refractivity contribution in [3.05, 3.63) is 35.4 Å². The highest BCUT2D eigenvalue weighted by molar-refractivity contribution is 5.30. The number of hydrogen-bond donors (Lipinski definition) is 1. The molecule has 1 aromatic carbocycles. The Bertz CT molecular complexity index is 416. The number of benzene rings is 1. The molecule has 0 aromatic heterocycles. The van der Waals surface area contributed by atoms with Gasteiger partial charge in [-0.2, -0.15) is 0 Å². The number of hydrogen-bond acceptors (Lipinski definition) is 3. The zero-order valence-corrected chi connectivity index (χ0v) is 13.0. The van der Waals surface area contributed by atoms with Crippen LogP contribution in [0.5, 0.6) is 0 Å². The second-order valence-corrected chi connectivity index (χ2v) is 6.36. The van der Waals surface area contributed by atoms with Gasteiger partial charge in [0.1, 0.15) is 0 Å². The Morgan fingerprint density at radius 3 is 2.29 bits per heavy atom. The molecule has 1 saturated carbocycles. The van der Waals surface area contributed by atoms with Crippen LogP contribution in [-0.4, -0.2) is 39.5 Å². The smallest absolute Gasteiger partial charge is 0.0700 e. The van der Waals surface area contributed by atoms with Crippen molar-refractivity contribution in [1.29, 1.82) is 0 Å². The minimum Gasteiger partial charge on any atom is -0.382 e. The van der Waals surface area contributed by atoms with E-state index in [1.54, 1.807) is 18.2 Å². The number of ether oxygens (including phenoxy) is 2. The summed E-state index contributed by atoms with van der Waals surface area (Å²) in [5.41, 5.74) is 3.15. The topological polar surface area (TPSA) is 30.5 Å². The zero-order chi connectivity index (χ0) is 14.5. The van der Waals surface area contributed by atoms with Gasteiger partial charge in [-0.3, -0.25) is 0 Å². The second kappa shape index (κ2) is 7.39. The molecule has 21 heavy (non-hydrogen) atoms. The molecule has 3 rings (SSSR count). The Hall–Kier alpha value is -0.900. The standard InChI is InChI=1S/C18H27NO2/c1-20-10-11-21-9-8-19-18-16-6-7-17(18)13-15-5-3-2-4-14(15)12-16/h2-5,16-19H,6-13H2,1H3. The van der Waals surface area contributed by atoms with E-state index in [9.17, 15) is 0 Å². The fourth-order valence-electron chi connectivity index (χ4n) is 4.03. The monoisotopic (exact) mass is 289 g/mol. The van der Waals surface area contributed by atoms with Gasteiger partial charge < -0.3 is 14.8 Å². The normalized spacial score (nSPS) is 27.4. The Labute approximate surface area is 128 Å². The van der Waals surface area contributed by atoms with E-state index in [0.717, 1.165) is 25.0 Å². The van der Waals surface area contributed by atoms with Crippen LogP contribution in [0, 0.1) is 11.8 Å². The molecule has 2 bridgehead atoms. The van der Waals surface area contributed by atoms with Gasteiger partial charge >= 0.3 is 0 Å². The van der Waals surface area contributed by atoms with Crippen molar-refractivity contribution in [2.45, 2.75) is 31.7 Å². The van der Waals surface area contributed by atoms with E-state index < -0.39 is 0 Å². The number of fused-ring (bicyclic) bond motifs is 3. The molecule has 1 fully saturated rings. The molecule has 3 nitrogen and oxygen atoms in total. The van der Waals surface area contributed by atoms with Gasteiger partial charge in [0.2, 0.25) is 0 Å². The van der Waals surface area contributed by atoms with Crippen LogP contribution < -0.4 is 5.32 Å². The van der Waals surface area contributed by atoms with Gasteiger partial charge in [0.05, 0.1) is 19.8 Å². The van der Waals surface area contributed by atoms with Gasteiger partial charge in [0, 0.05) is 19.7 Å². The lowest BCUT2D eigenvalue weighted by Crippen LogP contribution is -2.39. The van der Waals surface area contributed by atoms with Gasteiger partial charge in [-0.1, -0.05) is 24.3 Å². The molecule has 0 spiro atoms. The maximum atomic E-state index is 5.56. The molecule has 0 aliphatic heterocycles. The van der Waals surface area contributed by atoms with Crippen LogP contribution in [-0.2, 0) is 22.3 Å². The van der Waals surface area contributed by atoms with Crippen LogP contribution >= 0.6 is 0 Å². The SMILES string of the molecule is COCCOCCNC1C2CCC1Cc1ccccc1C2. The van der Waals surface area contributed by atoms with Crippen LogP contribution in [0.25, 0.3) is 0 Å². The summed E-state index contributed by atoms with van der Waals surface area (Å²) in [6.07, 6.45) is 5.24. The minimum atomic E-state index is 0.670. The Balaban J connectivity index is 1.51. The van der Waals surface area contributed by atoms with Gasteiger partial charge in [-0.05, 0) is 48.6 Å². The van der Waals surface area contributed by atoms with Crippen LogP contribution in [0.3, 0.4) is 0 Å². The number of rotatable bonds is 7. The molecule has 2 aliphatic rings. The third kappa shape index (κ3) is 3.65. The summed E-state index contributed by atoms with van der Waals surface area (Å²) in [6.45, 7) is 3.12. The van der Waals surface area contributed by atoms with Gasteiger partial charge in [0.25, 0.3) is 0 Å². The fourth-order valence-corrected chi connectivity index (χ4v) is 4.03. The number of methoxy groups -OCH3 is 1. The molecule has 2 atom stereocenters. The molecular formula is C18H27NO2. The summed E-state index contributed by atoms with van der Waals surface area (Å²) < 4.78 is 10.6. The van der Waals surface area contributed by atoms with Gasteiger partial charge in [0.15, 0.2) is 0 Å².